The summed E-state index contributed by atoms with van der Waals surface area (Å²) in [4.78, 5) is 11.7. The highest BCUT2D eigenvalue weighted by molar-refractivity contribution is 9.10. The highest BCUT2D eigenvalue weighted by Crippen LogP contribution is 2.20. The van der Waals surface area contributed by atoms with Gasteiger partial charge in [0.05, 0.1) is 11.4 Å². The number of nitrogens with zero attached hydrogens (tertiary/aromatic N) is 4. The Hall–Kier alpha value is -1.48. The number of tetrazole rings is 1. The molecule has 0 saturated carbocycles. The van der Waals surface area contributed by atoms with Crippen molar-refractivity contribution < 1.29 is 9.18 Å². The van der Waals surface area contributed by atoms with E-state index in [1.54, 1.807) is 13.1 Å². The Bertz CT molecular complexity index is 605. The second-order valence-electron chi connectivity index (χ2n) is 3.55. The van der Waals surface area contributed by atoms with Gasteiger partial charge in [0.2, 0.25) is 11.1 Å². The van der Waals surface area contributed by atoms with Crippen molar-refractivity contribution in [1.29, 1.82) is 0 Å². The van der Waals surface area contributed by atoms with E-state index < -0.39 is 5.82 Å². The Balaban J connectivity index is 1.93. The van der Waals surface area contributed by atoms with Crippen LogP contribution in [0.1, 0.15) is 0 Å². The maximum Gasteiger partial charge on any atom is 0.234 e. The third-order valence-electron chi connectivity index (χ3n) is 2.12. The summed E-state index contributed by atoms with van der Waals surface area (Å²) in [5.41, 5.74) is 0.143. The lowest BCUT2D eigenvalue weighted by Crippen LogP contribution is -2.15. The number of thioether (sulfide) groups is 1. The summed E-state index contributed by atoms with van der Waals surface area (Å²) in [5.74, 6) is -0.716. The van der Waals surface area contributed by atoms with E-state index in [9.17, 15) is 9.18 Å². The molecule has 0 bridgehead atoms. The summed E-state index contributed by atoms with van der Waals surface area (Å²) in [6.45, 7) is 0. The number of amides is 1. The van der Waals surface area contributed by atoms with E-state index in [4.69, 9.17) is 0 Å². The number of anilines is 1. The topological polar surface area (TPSA) is 72.7 Å². The molecule has 0 radical (unpaired) electrons. The average molecular weight is 346 g/mol. The van der Waals surface area contributed by atoms with Gasteiger partial charge in [0.25, 0.3) is 0 Å². The third kappa shape index (κ3) is 3.74. The number of hydrogen-bond acceptors (Lipinski definition) is 5. The zero-order valence-electron chi connectivity index (χ0n) is 9.80. The smallest absolute Gasteiger partial charge is 0.234 e. The number of hydrogen-bond donors (Lipinski definition) is 1. The average Bonchev–Trinajstić information content (AvgIpc) is 2.76. The molecule has 0 spiro atoms. The van der Waals surface area contributed by atoms with E-state index in [0.29, 0.717) is 9.63 Å². The monoisotopic (exact) mass is 345 g/mol. The van der Waals surface area contributed by atoms with Crippen LogP contribution in [0.25, 0.3) is 0 Å². The zero-order chi connectivity index (χ0) is 13.8. The first kappa shape index (κ1) is 13.9. The Morgan fingerprint density at radius 2 is 2.37 bits per heavy atom. The van der Waals surface area contributed by atoms with E-state index in [1.165, 1.54) is 28.6 Å². The predicted molar refractivity (Wildman–Crippen MR) is 72.3 cm³/mol. The summed E-state index contributed by atoms with van der Waals surface area (Å²) in [5, 5.41) is 13.8. The fraction of sp³-hybridized carbons (Fsp3) is 0.200. The van der Waals surface area contributed by atoms with E-state index in [-0.39, 0.29) is 17.3 Å². The van der Waals surface area contributed by atoms with Gasteiger partial charge < -0.3 is 5.32 Å². The summed E-state index contributed by atoms with van der Waals surface area (Å²) >= 11 is 4.32. The summed E-state index contributed by atoms with van der Waals surface area (Å²) in [6.07, 6.45) is 0. The van der Waals surface area contributed by atoms with Crippen molar-refractivity contribution in [1.82, 2.24) is 20.2 Å². The minimum Gasteiger partial charge on any atom is -0.323 e. The molecule has 1 aromatic carbocycles. The second kappa shape index (κ2) is 6.11. The number of carbonyl (C=O) groups excluding carboxylic acids is 1. The predicted octanol–water partition coefficient (Wildman–Crippen LogP) is 1.84. The lowest BCUT2D eigenvalue weighted by molar-refractivity contribution is -0.113. The molecule has 2 aromatic rings. The van der Waals surface area contributed by atoms with E-state index in [1.807, 2.05) is 0 Å². The highest BCUT2D eigenvalue weighted by atomic mass is 79.9. The van der Waals surface area contributed by atoms with Gasteiger partial charge in [0, 0.05) is 11.5 Å². The normalized spacial score (nSPS) is 10.5. The first-order chi connectivity index (χ1) is 9.06. The molecule has 1 heterocycles. The van der Waals surface area contributed by atoms with Crippen molar-refractivity contribution in [2.75, 3.05) is 11.1 Å². The molecule has 2 rings (SSSR count). The number of halogens is 2. The minimum absolute atomic E-state index is 0.101. The standard InChI is InChI=1S/C10H9BrFN5OS/c1-17-10(14-15-16-17)19-5-9(18)13-8-3-2-6(11)4-7(8)12/h2-4H,5H2,1H3,(H,13,18). The van der Waals surface area contributed by atoms with Crippen molar-refractivity contribution in [2.45, 2.75) is 5.16 Å². The fourth-order valence-electron chi connectivity index (χ4n) is 1.25. The van der Waals surface area contributed by atoms with E-state index in [2.05, 4.69) is 36.8 Å². The van der Waals surface area contributed by atoms with Gasteiger partial charge in [-0.15, -0.1) is 5.10 Å². The van der Waals surface area contributed by atoms with Crippen molar-refractivity contribution in [3.8, 4) is 0 Å². The zero-order valence-corrected chi connectivity index (χ0v) is 12.2. The molecule has 0 fully saturated rings. The molecule has 1 amide bonds. The van der Waals surface area contributed by atoms with Crippen LogP contribution in [0, 0.1) is 5.82 Å². The molecule has 1 aromatic heterocycles. The summed E-state index contributed by atoms with van der Waals surface area (Å²) < 4.78 is 15.6. The van der Waals surface area contributed by atoms with Crippen LogP contribution in [0.2, 0.25) is 0 Å². The van der Waals surface area contributed by atoms with Crippen molar-refractivity contribution >= 4 is 39.3 Å². The Kier molecular flexibility index (Phi) is 4.48. The van der Waals surface area contributed by atoms with Crippen molar-refractivity contribution in [3.63, 3.8) is 0 Å². The van der Waals surface area contributed by atoms with Crippen LogP contribution in [0.4, 0.5) is 10.1 Å². The number of aromatic nitrogens is 4. The summed E-state index contributed by atoms with van der Waals surface area (Å²) in [7, 11) is 1.68. The Morgan fingerprint density at radius 3 is 3.00 bits per heavy atom. The second-order valence-corrected chi connectivity index (χ2v) is 5.40. The molecular formula is C10H9BrFN5OS. The maximum absolute atomic E-state index is 13.5. The first-order valence-corrected chi connectivity index (χ1v) is 6.94. The van der Waals surface area contributed by atoms with Crippen LogP contribution in [0.3, 0.4) is 0 Å². The fourth-order valence-corrected chi connectivity index (χ4v) is 2.23. The summed E-state index contributed by atoms with van der Waals surface area (Å²) in [6, 6.07) is 4.43. The SMILES string of the molecule is Cn1nnnc1SCC(=O)Nc1ccc(Br)cc1F. The van der Waals surface area contributed by atoms with E-state index >= 15 is 0 Å². The van der Waals surface area contributed by atoms with Gasteiger partial charge in [-0.3, -0.25) is 4.79 Å². The van der Waals surface area contributed by atoms with Gasteiger partial charge in [0.15, 0.2) is 0 Å². The Morgan fingerprint density at radius 1 is 1.58 bits per heavy atom. The van der Waals surface area contributed by atoms with Crippen LogP contribution in [0.15, 0.2) is 27.8 Å². The van der Waals surface area contributed by atoms with Gasteiger partial charge in [-0.2, -0.15) is 0 Å². The molecule has 0 unspecified atom stereocenters. The minimum atomic E-state index is -0.493. The largest absolute Gasteiger partial charge is 0.323 e. The molecule has 0 aliphatic heterocycles. The molecule has 0 aliphatic rings. The van der Waals surface area contributed by atoms with Crippen LogP contribution >= 0.6 is 27.7 Å². The molecule has 0 atom stereocenters. The van der Waals surface area contributed by atoms with Crippen LogP contribution in [0.5, 0.6) is 0 Å². The van der Waals surface area contributed by atoms with Crippen LogP contribution in [-0.4, -0.2) is 31.9 Å². The quantitative estimate of drug-likeness (QED) is 0.856. The van der Waals surface area contributed by atoms with Gasteiger partial charge >= 0.3 is 0 Å². The van der Waals surface area contributed by atoms with Crippen molar-refractivity contribution in [2.24, 2.45) is 7.05 Å². The molecular weight excluding hydrogens is 337 g/mol. The number of aryl methyl sites for hydroxylation is 1. The first-order valence-electron chi connectivity index (χ1n) is 5.16. The van der Waals surface area contributed by atoms with Crippen LogP contribution < -0.4 is 5.32 Å². The van der Waals surface area contributed by atoms with Gasteiger partial charge in [-0.1, -0.05) is 27.7 Å². The molecule has 9 heteroatoms. The molecule has 0 aliphatic carbocycles. The maximum atomic E-state index is 13.5. The molecule has 1 N–H and O–H groups in total. The highest BCUT2D eigenvalue weighted by Gasteiger charge is 2.10. The third-order valence-corrected chi connectivity index (χ3v) is 3.62. The number of carbonyl (C=O) groups is 1. The van der Waals surface area contributed by atoms with Crippen molar-refractivity contribution in [3.05, 3.63) is 28.5 Å². The lowest BCUT2D eigenvalue weighted by Gasteiger charge is -2.06. The van der Waals surface area contributed by atoms with Crippen LogP contribution in [-0.2, 0) is 11.8 Å². The number of benzene rings is 1. The molecule has 0 saturated heterocycles. The molecule has 6 nitrogen and oxygen atoms in total. The number of nitrogens with one attached hydrogen (secondary N) is 1. The molecule has 100 valence electrons. The van der Waals surface area contributed by atoms with E-state index in [0.717, 1.165) is 0 Å². The lowest BCUT2D eigenvalue weighted by atomic mass is 10.3. The Labute approximate surface area is 120 Å². The number of rotatable bonds is 4. The van der Waals surface area contributed by atoms with Gasteiger partial charge in [-0.05, 0) is 28.6 Å². The van der Waals surface area contributed by atoms with Gasteiger partial charge in [-0.25, -0.2) is 9.07 Å². The van der Waals surface area contributed by atoms with Gasteiger partial charge in [0.1, 0.15) is 5.82 Å². The molecule has 19 heavy (non-hydrogen) atoms.